The van der Waals surface area contributed by atoms with Crippen molar-refractivity contribution >= 4 is 22.2 Å². The van der Waals surface area contributed by atoms with Gasteiger partial charge >= 0.3 is 0 Å². The summed E-state index contributed by atoms with van der Waals surface area (Å²) >= 11 is 0. The molecule has 1 N–H and O–H groups in total. The minimum Gasteiger partial charge on any atom is -0.384 e. The molecule has 0 amide bonds. The summed E-state index contributed by atoms with van der Waals surface area (Å²) in [5.41, 5.74) is 0.455. The maximum atomic E-state index is 11.5. The zero-order valence-electron chi connectivity index (χ0n) is 14.2. The molecule has 25 heavy (non-hydrogen) atoms. The average Bonchev–Trinajstić information content (AvgIpc) is 3.06. The van der Waals surface area contributed by atoms with Crippen LogP contribution in [0.5, 0.6) is 0 Å². The van der Waals surface area contributed by atoms with E-state index in [2.05, 4.69) is 15.5 Å². The Balaban J connectivity index is 0.00000225. The number of rotatable bonds is 5. The van der Waals surface area contributed by atoms with Crippen LogP contribution in [-0.2, 0) is 20.0 Å². The molecule has 0 radical (unpaired) electrons. The Morgan fingerprint density at radius 1 is 1.24 bits per heavy atom. The van der Waals surface area contributed by atoms with E-state index in [9.17, 15) is 8.42 Å². The van der Waals surface area contributed by atoms with Crippen LogP contribution >= 0.6 is 12.4 Å². The fraction of sp³-hybridized carbons (Fsp3) is 0.500. The van der Waals surface area contributed by atoms with E-state index < -0.39 is 9.84 Å². The van der Waals surface area contributed by atoms with Crippen LogP contribution in [0.1, 0.15) is 18.7 Å². The Labute approximate surface area is 153 Å². The highest BCUT2D eigenvalue weighted by atomic mass is 35.5. The molecule has 0 aliphatic carbocycles. The topological polar surface area (TPSA) is 94.3 Å². The molecular weight excluding hydrogens is 366 g/mol. The summed E-state index contributed by atoms with van der Waals surface area (Å²) in [6, 6.07) is 6.49. The second-order valence-corrected chi connectivity index (χ2v) is 8.20. The van der Waals surface area contributed by atoms with E-state index in [-0.39, 0.29) is 22.7 Å². The van der Waals surface area contributed by atoms with Crippen LogP contribution < -0.4 is 5.32 Å². The average molecular weight is 388 g/mol. The molecule has 138 valence electrons. The highest BCUT2D eigenvalue weighted by Crippen LogP contribution is 2.33. The van der Waals surface area contributed by atoms with Gasteiger partial charge in [-0.3, -0.25) is 0 Å². The molecule has 1 aromatic heterocycles. The van der Waals surface area contributed by atoms with Crippen molar-refractivity contribution in [3.8, 4) is 11.4 Å². The van der Waals surface area contributed by atoms with Crippen LogP contribution in [0.4, 0.5) is 0 Å². The third kappa shape index (κ3) is 4.20. The van der Waals surface area contributed by atoms with Gasteiger partial charge in [-0.05, 0) is 50.2 Å². The monoisotopic (exact) mass is 387 g/mol. The lowest BCUT2D eigenvalue weighted by Gasteiger charge is -2.33. The maximum absolute atomic E-state index is 11.5. The third-order valence-electron chi connectivity index (χ3n) is 4.40. The Kier molecular flexibility index (Phi) is 6.21. The largest absolute Gasteiger partial charge is 0.384 e. The van der Waals surface area contributed by atoms with Crippen LogP contribution in [0, 0.1) is 0 Å². The quantitative estimate of drug-likeness (QED) is 0.836. The molecule has 3 rings (SSSR count). The molecule has 0 bridgehead atoms. The first-order chi connectivity index (χ1) is 11.4. The van der Waals surface area contributed by atoms with Crippen molar-refractivity contribution in [1.29, 1.82) is 0 Å². The molecule has 0 unspecified atom stereocenters. The molecule has 0 saturated carbocycles. The third-order valence-corrected chi connectivity index (χ3v) is 5.53. The predicted octanol–water partition coefficient (Wildman–Crippen LogP) is 1.83. The Bertz CT molecular complexity index is 794. The summed E-state index contributed by atoms with van der Waals surface area (Å²) in [6.07, 6.45) is 2.92. The number of hydrogen-bond acceptors (Lipinski definition) is 7. The van der Waals surface area contributed by atoms with Gasteiger partial charge in [-0.2, -0.15) is 4.98 Å². The first kappa shape index (κ1) is 19.8. The first-order valence-electron chi connectivity index (χ1n) is 7.79. The van der Waals surface area contributed by atoms with Gasteiger partial charge in [0.15, 0.2) is 9.84 Å². The molecule has 1 aromatic carbocycles. The van der Waals surface area contributed by atoms with E-state index >= 15 is 0 Å². The molecule has 9 heteroatoms. The van der Waals surface area contributed by atoms with Gasteiger partial charge in [-0.15, -0.1) is 12.4 Å². The number of nitrogens with one attached hydrogen (secondary N) is 1. The van der Waals surface area contributed by atoms with E-state index in [1.807, 2.05) is 0 Å². The number of ether oxygens (including phenoxy) is 1. The number of benzene rings is 1. The lowest BCUT2D eigenvalue weighted by Crippen LogP contribution is -2.43. The first-order valence-corrected chi connectivity index (χ1v) is 9.68. The van der Waals surface area contributed by atoms with Crippen molar-refractivity contribution in [2.45, 2.75) is 23.2 Å². The van der Waals surface area contributed by atoms with Gasteiger partial charge in [-0.1, -0.05) is 5.16 Å². The molecule has 2 aromatic rings. The van der Waals surface area contributed by atoms with E-state index in [0.29, 0.717) is 18.3 Å². The molecular formula is C16H22ClN3O4S. The van der Waals surface area contributed by atoms with Crippen LogP contribution in [0.2, 0.25) is 0 Å². The number of sulfone groups is 1. The van der Waals surface area contributed by atoms with E-state index in [1.54, 1.807) is 31.4 Å². The summed E-state index contributed by atoms with van der Waals surface area (Å²) in [5.74, 6) is 1.03. The Morgan fingerprint density at radius 3 is 2.44 bits per heavy atom. The number of nitrogens with zero attached hydrogens (tertiary/aromatic N) is 2. The summed E-state index contributed by atoms with van der Waals surface area (Å²) in [5, 5.41) is 7.39. The molecule has 0 atom stereocenters. The highest BCUT2D eigenvalue weighted by Gasteiger charge is 2.39. The predicted molar refractivity (Wildman–Crippen MR) is 95.7 cm³/mol. The lowest BCUT2D eigenvalue weighted by atomic mass is 9.79. The standard InChI is InChI=1S/C16H21N3O4S.ClH/c1-22-11-16(7-9-17-10-8-16)15-18-14(19-23-15)12-3-5-13(6-4-12)24(2,20)21;/h3-6,17H,7-11H2,1-2H3;1H. The molecule has 0 spiro atoms. The van der Waals surface area contributed by atoms with E-state index in [4.69, 9.17) is 9.26 Å². The van der Waals surface area contributed by atoms with Gasteiger partial charge in [0.25, 0.3) is 0 Å². The fourth-order valence-corrected chi connectivity index (χ4v) is 3.64. The number of hydrogen-bond donors (Lipinski definition) is 1. The molecule has 2 heterocycles. The fourth-order valence-electron chi connectivity index (χ4n) is 3.01. The lowest BCUT2D eigenvalue weighted by molar-refractivity contribution is 0.0850. The van der Waals surface area contributed by atoms with E-state index in [1.165, 1.54) is 6.26 Å². The van der Waals surface area contributed by atoms with Crippen molar-refractivity contribution in [1.82, 2.24) is 15.5 Å². The molecule has 1 aliphatic rings. The van der Waals surface area contributed by atoms with Crippen LogP contribution in [0.25, 0.3) is 11.4 Å². The van der Waals surface area contributed by atoms with Crippen molar-refractivity contribution in [2.24, 2.45) is 0 Å². The smallest absolute Gasteiger partial charge is 0.235 e. The van der Waals surface area contributed by atoms with Gasteiger partial charge in [-0.25, -0.2) is 8.42 Å². The Morgan fingerprint density at radius 2 is 1.88 bits per heavy atom. The SMILES string of the molecule is COCC1(c2nc(-c3ccc(S(C)(=O)=O)cc3)no2)CCNCC1.Cl. The maximum Gasteiger partial charge on any atom is 0.235 e. The Hall–Kier alpha value is -1.48. The van der Waals surface area contributed by atoms with E-state index in [0.717, 1.165) is 31.5 Å². The van der Waals surface area contributed by atoms with Gasteiger partial charge in [0.2, 0.25) is 11.7 Å². The second-order valence-electron chi connectivity index (χ2n) is 6.18. The van der Waals surface area contributed by atoms with Crippen LogP contribution in [0.15, 0.2) is 33.7 Å². The van der Waals surface area contributed by atoms with Crippen LogP contribution in [-0.4, -0.2) is 51.6 Å². The molecule has 1 aliphatic heterocycles. The van der Waals surface area contributed by atoms with Gasteiger partial charge in [0.05, 0.1) is 16.9 Å². The van der Waals surface area contributed by atoms with Gasteiger partial charge < -0.3 is 14.6 Å². The number of methoxy groups -OCH3 is 1. The zero-order chi connectivity index (χ0) is 17.2. The molecule has 1 saturated heterocycles. The number of aromatic nitrogens is 2. The summed E-state index contributed by atoms with van der Waals surface area (Å²) in [4.78, 5) is 4.82. The highest BCUT2D eigenvalue weighted by molar-refractivity contribution is 7.90. The summed E-state index contributed by atoms with van der Waals surface area (Å²) in [6.45, 7) is 2.29. The van der Waals surface area contributed by atoms with Crippen molar-refractivity contribution in [3.05, 3.63) is 30.2 Å². The summed E-state index contributed by atoms with van der Waals surface area (Å²) < 4.78 is 34.0. The van der Waals surface area contributed by atoms with Gasteiger partial charge in [0.1, 0.15) is 0 Å². The number of piperidine rings is 1. The van der Waals surface area contributed by atoms with Gasteiger partial charge in [0, 0.05) is 18.9 Å². The second kappa shape index (κ2) is 7.82. The van der Waals surface area contributed by atoms with Crippen LogP contribution in [0.3, 0.4) is 0 Å². The minimum atomic E-state index is -3.22. The molecule has 7 nitrogen and oxygen atoms in total. The number of halogens is 1. The minimum absolute atomic E-state index is 0. The zero-order valence-corrected chi connectivity index (χ0v) is 15.8. The molecule has 1 fully saturated rings. The van der Waals surface area contributed by atoms with Crippen molar-refractivity contribution in [2.75, 3.05) is 33.1 Å². The normalized spacial score (nSPS) is 17.0. The van der Waals surface area contributed by atoms with Crippen molar-refractivity contribution in [3.63, 3.8) is 0 Å². The van der Waals surface area contributed by atoms with Crippen molar-refractivity contribution < 1.29 is 17.7 Å². The summed E-state index contributed by atoms with van der Waals surface area (Å²) in [7, 11) is -1.55.